The lowest BCUT2D eigenvalue weighted by atomic mass is 10.0. The molecule has 0 bridgehead atoms. The zero-order valence-electron chi connectivity index (χ0n) is 11.9. The fourth-order valence-corrected chi connectivity index (χ4v) is 2.40. The summed E-state index contributed by atoms with van der Waals surface area (Å²) >= 11 is 0. The van der Waals surface area contributed by atoms with Crippen LogP contribution in [0.2, 0.25) is 0 Å². The van der Waals surface area contributed by atoms with Crippen LogP contribution in [-0.4, -0.2) is 97.1 Å². The van der Waals surface area contributed by atoms with Gasteiger partial charge in [0.1, 0.15) is 36.6 Å². The Bertz CT molecular complexity index is 328. The van der Waals surface area contributed by atoms with Gasteiger partial charge in [0.25, 0.3) is 0 Å². The van der Waals surface area contributed by atoms with Gasteiger partial charge in [-0.2, -0.15) is 0 Å². The fourth-order valence-electron chi connectivity index (χ4n) is 2.40. The first-order valence-corrected chi connectivity index (χ1v) is 6.66. The molecule has 9 nitrogen and oxygen atoms in total. The maximum absolute atomic E-state index is 10.0. The summed E-state index contributed by atoms with van der Waals surface area (Å²) < 4.78 is 25.6. The summed E-state index contributed by atoms with van der Waals surface area (Å²) in [7, 11) is 2.74. The summed E-state index contributed by atoms with van der Waals surface area (Å²) in [5, 5.41) is 39.7. The molecule has 2 fully saturated rings. The number of hydrogen-bond donors (Lipinski definition) is 4. The minimum absolute atomic E-state index is 0.0164. The molecule has 2 aliphatic rings. The number of aliphatic hydroxyl groups is 4. The van der Waals surface area contributed by atoms with Gasteiger partial charge in [0.15, 0.2) is 12.6 Å². The Kier molecular flexibility index (Phi) is 5.88. The van der Waals surface area contributed by atoms with E-state index in [1.165, 1.54) is 14.2 Å². The molecule has 0 saturated carbocycles. The van der Waals surface area contributed by atoms with Gasteiger partial charge in [-0.15, -0.1) is 0 Å². The standard InChI is InChI=1S/C12H22O9/c1-17-6-4-20-12(8(15)7(6)14)21-10-5(13)3-19-11(18-2)9(10)16/h5-16H,3-4H2,1-2H3/t5-,6-,7+,8?,9?,10+,11-,12-/m1/s1. The van der Waals surface area contributed by atoms with E-state index in [1.807, 2.05) is 0 Å². The van der Waals surface area contributed by atoms with Gasteiger partial charge in [-0.3, -0.25) is 0 Å². The maximum Gasteiger partial charge on any atom is 0.186 e. The van der Waals surface area contributed by atoms with Crippen molar-refractivity contribution >= 4 is 0 Å². The Labute approximate surface area is 121 Å². The van der Waals surface area contributed by atoms with E-state index in [4.69, 9.17) is 23.7 Å². The number of rotatable bonds is 4. The van der Waals surface area contributed by atoms with Crippen LogP contribution in [0, 0.1) is 0 Å². The van der Waals surface area contributed by atoms with Crippen LogP contribution in [0.3, 0.4) is 0 Å². The van der Waals surface area contributed by atoms with E-state index >= 15 is 0 Å². The summed E-state index contributed by atoms with van der Waals surface area (Å²) in [4.78, 5) is 0. The average molecular weight is 310 g/mol. The summed E-state index contributed by atoms with van der Waals surface area (Å²) in [6, 6.07) is 0. The molecule has 8 atom stereocenters. The molecule has 124 valence electrons. The Morgan fingerprint density at radius 1 is 0.810 bits per heavy atom. The van der Waals surface area contributed by atoms with Gasteiger partial charge in [-0.25, -0.2) is 0 Å². The van der Waals surface area contributed by atoms with E-state index in [9.17, 15) is 20.4 Å². The largest absolute Gasteiger partial charge is 0.388 e. The van der Waals surface area contributed by atoms with Crippen molar-refractivity contribution in [3.8, 4) is 0 Å². The molecular formula is C12H22O9. The van der Waals surface area contributed by atoms with Gasteiger partial charge in [0.2, 0.25) is 0 Å². The van der Waals surface area contributed by atoms with Crippen LogP contribution < -0.4 is 0 Å². The average Bonchev–Trinajstić information content (AvgIpc) is 2.48. The predicted molar refractivity (Wildman–Crippen MR) is 66.2 cm³/mol. The van der Waals surface area contributed by atoms with Crippen LogP contribution >= 0.6 is 0 Å². The highest BCUT2D eigenvalue weighted by molar-refractivity contribution is 4.88. The van der Waals surface area contributed by atoms with E-state index in [2.05, 4.69) is 0 Å². The molecule has 0 aliphatic carbocycles. The second-order valence-electron chi connectivity index (χ2n) is 5.05. The lowest BCUT2D eigenvalue weighted by Gasteiger charge is -2.42. The Hall–Kier alpha value is -0.360. The SMILES string of the molecule is CO[C@@H]1OC[C@@H](O)[C@H](O[C@H]2OC[C@@H](OC)[C@H](O)C2O)C1O. The van der Waals surface area contributed by atoms with E-state index in [1.54, 1.807) is 0 Å². The van der Waals surface area contributed by atoms with Crippen LogP contribution in [0.1, 0.15) is 0 Å². The molecule has 0 radical (unpaired) electrons. The summed E-state index contributed by atoms with van der Waals surface area (Å²) in [5.41, 5.74) is 0. The van der Waals surface area contributed by atoms with Crippen molar-refractivity contribution in [3.63, 3.8) is 0 Å². The summed E-state index contributed by atoms with van der Waals surface area (Å²) in [6.45, 7) is -0.0746. The molecule has 0 spiro atoms. The second kappa shape index (κ2) is 7.27. The summed E-state index contributed by atoms with van der Waals surface area (Å²) in [5.74, 6) is 0. The third kappa shape index (κ3) is 3.52. The molecule has 2 rings (SSSR count). The molecule has 2 unspecified atom stereocenters. The highest BCUT2D eigenvalue weighted by Gasteiger charge is 2.45. The predicted octanol–water partition coefficient (Wildman–Crippen LogP) is -2.81. The van der Waals surface area contributed by atoms with Crippen molar-refractivity contribution in [1.29, 1.82) is 0 Å². The molecule has 0 amide bonds. The van der Waals surface area contributed by atoms with Crippen LogP contribution in [0.15, 0.2) is 0 Å². The van der Waals surface area contributed by atoms with Crippen LogP contribution in [0.25, 0.3) is 0 Å². The summed E-state index contributed by atoms with van der Waals surface area (Å²) in [6.07, 6.45) is -8.82. The van der Waals surface area contributed by atoms with Gasteiger partial charge in [0, 0.05) is 14.2 Å². The molecule has 0 aromatic carbocycles. The Balaban J connectivity index is 1.99. The first-order valence-electron chi connectivity index (χ1n) is 6.66. The number of aliphatic hydroxyl groups excluding tert-OH is 4. The first-order chi connectivity index (χ1) is 9.99. The van der Waals surface area contributed by atoms with Gasteiger partial charge in [0.05, 0.1) is 13.2 Å². The molecular weight excluding hydrogens is 288 g/mol. The third-order valence-corrected chi connectivity index (χ3v) is 3.69. The number of methoxy groups -OCH3 is 2. The van der Waals surface area contributed by atoms with E-state index in [0.29, 0.717) is 0 Å². The van der Waals surface area contributed by atoms with Crippen molar-refractivity contribution in [2.75, 3.05) is 27.4 Å². The van der Waals surface area contributed by atoms with E-state index < -0.39 is 49.2 Å². The Morgan fingerprint density at radius 2 is 1.48 bits per heavy atom. The molecule has 2 aliphatic heterocycles. The molecule has 4 N–H and O–H groups in total. The van der Waals surface area contributed by atoms with Crippen LogP contribution in [-0.2, 0) is 23.7 Å². The van der Waals surface area contributed by atoms with E-state index in [0.717, 1.165) is 0 Å². The van der Waals surface area contributed by atoms with Crippen LogP contribution in [0.5, 0.6) is 0 Å². The normalized spacial score (nSPS) is 48.3. The Morgan fingerprint density at radius 3 is 2.10 bits per heavy atom. The quantitative estimate of drug-likeness (QED) is 0.435. The third-order valence-electron chi connectivity index (χ3n) is 3.69. The highest BCUT2D eigenvalue weighted by atomic mass is 16.7. The molecule has 9 heteroatoms. The zero-order valence-corrected chi connectivity index (χ0v) is 11.9. The van der Waals surface area contributed by atoms with Gasteiger partial charge in [-0.1, -0.05) is 0 Å². The molecule has 0 aromatic heterocycles. The molecule has 0 aromatic rings. The van der Waals surface area contributed by atoms with Crippen molar-refractivity contribution in [3.05, 3.63) is 0 Å². The molecule has 2 saturated heterocycles. The van der Waals surface area contributed by atoms with Gasteiger partial charge >= 0.3 is 0 Å². The smallest absolute Gasteiger partial charge is 0.186 e. The monoisotopic (exact) mass is 310 g/mol. The second-order valence-corrected chi connectivity index (χ2v) is 5.05. The molecule has 21 heavy (non-hydrogen) atoms. The number of ether oxygens (including phenoxy) is 5. The van der Waals surface area contributed by atoms with Crippen LogP contribution in [0.4, 0.5) is 0 Å². The van der Waals surface area contributed by atoms with Crippen molar-refractivity contribution in [1.82, 2.24) is 0 Å². The zero-order chi connectivity index (χ0) is 15.6. The minimum atomic E-state index is -1.37. The van der Waals surface area contributed by atoms with E-state index in [-0.39, 0.29) is 13.2 Å². The van der Waals surface area contributed by atoms with Crippen molar-refractivity contribution in [2.45, 2.75) is 49.2 Å². The lowest BCUT2D eigenvalue weighted by Crippen LogP contribution is -2.60. The van der Waals surface area contributed by atoms with Gasteiger partial charge < -0.3 is 44.1 Å². The topological polar surface area (TPSA) is 127 Å². The fraction of sp³-hybridized carbons (Fsp3) is 1.00. The minimum Gasteiger partial charge on any atom is -0.388 e. The number of hydrogen-bond acceptors (Lipinski definition) is 9. The first kappa shape index (κ1) is 17.0. The van der Waals surface area contributed by atoms with Crippen molar-refractivity contribution in [2.24, 2.45) is 0 Å². The van der Waals surface area contributed by atoms with Crippen molar-refractivity contribution < 1.29 is 44.1 Å². The highest BCUT2D eigenvalue weighted by Crippen LogP contribution is 2.25. The molecule has 2 heterocycles. The maximum atomic E-state index is 10.0. The lowest BCUT2D eigenvalue weighted by molar-refractivity contribution is -0.332. The van der Waals surface area contributed by atoms with Gasteiger partial charge in [-0.05, 0) is 0 Å².